The quantitative estimate of drug-likeness (QED) is 0.589. The lowest BCUT2D eigenvalue weighted by Crippen LogP contribution is -2.05. The van der Waals surface area contributed by atoms with Crippen LogP contribution in [0.2, 0.25) is 5.02 Å². The number of halogens is 1. The van der Waals surface area contributed by atoms with Gasteiger partial charge in [-0.1, -0.05) is 18.2 Å². The van der Waals surface area contributed by atoms with E-state index in [1.165, 1.54) is 6.92 Å². The molecule has 0 aromatic heterocycles. The highest BCUT2D eigenvalue weighted by molar-refractivity contribution is 6.30. The van der Waals surface area contributed by atoms with Crippen molar-refractivity contribution < 1.29 is 19.0 Å². The molecular formula is C13H15ClO4. The summed E-state index contributed by atoms with van der Waals surface area (Å²) in [6.45, 7) is 5.44. The third-order valence-electron chi connectivity index (χ3n) is 2.01. The first-order valence-electron chi connectivity index (χ1n) is 5.29. The van der Waals surface area contributed by atoms with E-state index in [0.29, 0.717) is 22.1 Å². The highest BCUT2D eigenvalue weighted by Crippen LogP contribution is 2.25. The van der Waals surface area contributed by atoms with Gasteiger partial charge >= 0.3 is 5.97 Å². The minimum Gasteiger partial charge on any atom is -0.461 e. The fraction of sp³-hybridized carbons (Fsp3) is 0.308. The maximum absolute atomic E-state index is 10.8. The highest BCUT2D eigenvalue weighted by atomic mass is 35.5. The summed E-state index contributed by atoms with van der Waals surface area (Å²) in [5.41, 5.74) is 0.676. The van der Waals surface area contributed by atoms with Gasteiger partial charge in [-0.05, 0) is 18.2 Å². The van der Waals surface area contributed by atoms with Crippen LogP contribution in [-0.2, 0) is 20.9 Å². The zero-order chi connectivity index (χ0) is 13.5. The van der Waals surface area contributed by atoms with Gasteiger partial charge in [0.2, 0.25) is 0 Å². The molecule has 0 unspecified atom stereocenters. The summed E-state index contributed by atoms with van der Waals surface area (Å²) in [6.07, 6.45) is 0. The van der Waals surface area contributed by atoms with Gasteiger partial charge in [0.15, 0.2) is 0 Å². The number of ether oxygens (including phenoxy) is 3. The van der Waals surface area contributed by atoms with E-state index >= 15 is 0 Å². The molecule has 0 aliphatic heterocycles. The molecule has 0 saturated heterocycles. The lowest BCUT2D eigenvalue weighted by atomic mass is 10.2. The Morgan fingerprint density at radius 3 is 2.78 bits per heavy atom. The molecule has 0 aliphatic rings. The molecule has 0 heterocycles. The van der Waals surface area contributed by atoms with Gasteiger partial charge in [-0.25, -0.2) is 0 Å². The van der Waals surface area contributed by atoms with Gasteiger partial charge in [-0.15, -0.1) is 0 Å². The van der Waals surface area contributed by atoms with Crippen molar-refractivity contribution in [3.63, 3.8) is 0 Å². The van der Waals surface area contributed by atoms with Crippen LogP contribution in [0.4, 0.5) is 0 Å². The van der Waals surface area contributed by atoms with Crippen LogP contribution in [0.15, 0.2) is 30.5 Å². The van der Waals surface area contributed by atoms with Gasteiger partial charge < -0.3 is 14.2 Å². The Labute approximate surface area is 111 Å². The standard InChI is InChI=1S/C13H15ClO4/c1-9(7-16-3)18-13-5-4-12(14)6-11(13)8-17-10(2)15/h4-6H,1,7-8H2,2-3H3. The van der Waals surface area contributed by atoms with E-state index in [4.69, 9.17) is 25.8 Å². The van der Waals surface area contributed by atoms with Crippen LogP contribution in [0.3, 0.4) is 0 Å². The topological polar surface area (TPSA) is 44.8 Å². The fourth-order valence-electron chi connectivity index (χ4n) is 1.29. The molecule has 18 heavy (non-hydrogen) atoms. The highest BCUT2D eigenvalue weighted by Gasteiger charge is 2.08. The van der Waals surface area contributed by atoms with E-state index in [1.807, 2.05) is 0 Å². The van der Waals surface area contributed by atoms with Crippen molar-refractivity contribution in [1.82, 2.24) is 0 Å². The Hall–Kier alpha value is -1.52. The Morgan fingerprint density at radius 1 is 1.44 bits per heavy atom. The van der Waals surface area contributed by atoms with Gasteiger partial charge in [-0.2, -0.15) is 0 Å². The molecule has 0 bridgehead atoms. The molecular weight excluding hydrogens is 256 g/mol. The van der Waals surface area contributed by atoms with Crippen LogP contribution in [0.25, 0.3) is 0 Å². The smallest absolute Gasteiger partial charge is 0.302 e. The average Bonchev–Trinajstić information content (AvgIpc) is 2.29. The van der Waals surface area contributed by atoms with Crippen molar-refractivity contribution in [2.24, 2.45) is 0 Å². The molecule has 0 spiro atoms. The third kappa shape index (κ3) is 4.77. The van der Waals surface area contributed by atoms with Crippen molar-refractivity contribution in [2.45, 2.75) is 13.5 Å². The number of benzene rings is 1. The van der Waals surface area contributed by atoms with Crippen molar-refractivity contribution in [1.29, 1.82) is 0 Å². The number of carbonyl (C=O) groups excluding carboxylic acids is 1. The zero-order valence-corrected chi connectivity index (χ0v) is 11.1. The number of carbonyl (C=O) groups is 1. The average molecular weight is 271 g/mol. The zero-order valence-electron chi connectivity index (χ0n) is 10.4. The predicted octanol–water partition coefficient (Wildman–Crippen LogP) is 2.94. The summed E-state index contributed by atoms with van der Waals surface area (Å²) >= 11 is 5.89. The summed E-state index contributed by atoms with van der Waals surface area (Å²) in [6, 6.07) is 5.07. The van der Waals surface area contributed by atoms with Crippen molar-refractivity contribution in [2.75, 3.05) is 13.7 Å². The molecule has 0 aliphatic carbocycles. The summed E-state index contributed by atoms with van der Waals surface area (Å²) in [5.74, 6) is 0.642. The van der Waals surface area contributed by atoms with E-state index in [0.717, 1.165) is 0 Å². The molecule has 1 aromatic carbocycles. The minimum absolute atomic E-state index is 0.103. The van der Waals surface area contributed by atoms with Crippen LogP contribution in [0.1, 0.15) is 12.5 Å². The van der Waals surface area contributed by atoms with Gasteiger partial charge in [0.25, 0.3) is 0 Å². The third-order valence-corrected chi connectivity index (χ3v) is 2.25. The molecule has 5 heteroatoms. The summed E-state index contributed by atoms with van der Waals surface area (Å²) in [4.78, 5) is 10.8. The number of rotatable bonds is 6. The van der Waals surface area contributed by atoms with Gasteiger partial charge in [0, 0.05) is 24.6 Å². The number of hydrogen-bond donors (Lipinski definition) is 0. The Morgan fingerprint density at radius 2 is 2.17 bits per heavy atom. The van der Waals surface area contributed by atoms with Crippen LogP contribution >= 0.6 is 11.6 Å². The van der Waals surface area contributed by atoms with Crippen LogP contribution < -0.4 is 4.74 Å². The number of esters is 1. The van der Waals surface area contributed by atoms with Gasteiger partial charge in [-0.3, -0.25) is 4.79 Å². The van der Waals surface area contributed by atoms with Crippen LogP contribution in [-0.4, -0.2) is 19.7 Å². The first kappa shape index (κ1) is 14.5. The Bertz CT molecular complexity index is 443. The monoisotopic (exact) mass is 270 g/mol. The molecule has 1 rings (SSSR count). The van der Waals surface area contributed by atoms with Crippen LogP contribution in [0.5, 0.6) is 5.75 Å². The molecule has 0 N–H and O–H groups in total. The second-order valence-electron chi connectivity index (χ2n) is 3.61. The lowest BCUT2D eigenvalue weighted by Gasteiger charge is -2.12. The maximum Gasteiger partial charge on any atom is 0.302 e. The van der Waals surface area contributed by atoms with E-state index in [2.05, 4.69) is 6.58 Å². The predicted molar refractivity (Wildman–Crippen MR) is 68.6 cm³/mol. The number of methoxy groups -OCH3 is 1. The Kier molecular flexibility index (Phi) is 5.68. The van der Waals surface area contributed by atoms with Gasteiger partial charge in [0.05, 0.1) is 0 Å². The van der Waals surface area contributed by atoms with Crippen molar-refractivity contribution in [3.8, 4) is 5.75 Å². The summed E-state index contributed by atoms with van der Waals surface area (Å²) < 4.78 is 15.3. The molecule has 4 nitrogen and oxygen atoms in total. The van der Waals surface area contributed by atoms with Crippen molar-refractivity contribution in [3.05, 3.63) is 41.1 Å². The molecule has 0 saturated carbocycles. The molecule has 1 aromatic rings. The second-order valence-corrected chi connectivity index (χ2v) is 4.04. The summed E-state index contributed by atoms with van der Waals surface area (Å²) in [5, 5.41) is 0.543. The van der Waals surface area contributed by atoms with E-state index in [9.17, 15) is 4.79 Å². The van der Waals surface area contributed by atoms with Gasteiger partial charge in [0.1, 0.15) is 24.7 Å². The number of hydrogen-bond acceptors (Lipinski definition) is 4. The van der Waals surface area contributed by atoms with E-state index < -0.39 is 0 Å². The molecule has 0 atom stereocenters. The maximum atomic E-state index is 10.8. The normalized spacial score (nSPS) is 9.94. The molecule has 0 fully saturated rings. The van der Waals surface area contributed by atoms with E-state index in [1.54, 1.807) is 25.3 Å². The van der Waals surface area contributed by atoms with E-state index in [-0.39, 0.29) is 19.2 Å². The molecule has 0 amide bonds. The fourth-order valence-corrected chi connectivity index (χ4v) is 1.48. The molecule has 98 valence electrons. The first-order chi connectivity index (χ1) is 8.52. The molecule has 0 radical (unpaired) electrons. The second kappa shape index (κ2) is 7.03. The minimum atomic E-state index is -0.364. The van der Waals surface area contributed by atoms with Crippen LogP contribution in [0, 0.1) is 0 Å². The summed E-state index contributed by atoms with van der Waals surface area (Å²) in [7, 11) is 1.55. The van der Waals surface area contributed by atoms with Crippen molar-refractivity contribution >= 4 is 17.6 Å². The Balaban J connectivity index is 2.82. The SMILES string of the molecule is C=C(COC)Oc1ccc(Cl)cc1COC(C)=O. The first-order valence-corrected chi connectivity index (χ1v) is 5.67. The largest absolute Gasteiger partial charge is 0.461 e. The lowest BCUT2D eigenvalue weighted by molar-refractivity contribution is -0.142.